The fourth-order valence-electron chi connectivity index (χ4n) is 1.39. The van der Waals surface area contributed by atoms with Crippen molar-refractivity contribution in [3.05, 3.63) is 47.3 Å². The first-order valence-corrected chi connectivity index (χ1v) is 4.46. The van der Waals surface area contributed by atoms with E-state index in [2.05, 4.69) is 6.58 Å². The van der Waals surface area contributed by atoms with Gasteiger partial charge in [-0.25, -0.2) is 13.2 Å². The average Bonchev–Trinajstić information content (AvgIpc) is 1.99. The van der Waals surface area contributed by atoms with Crippen LogP contribution in [-0.2, 0) is 0 Å². The summed E-state index contributed by atoms with van der Waals surface area (Å²) in [6, 6.07) is 0.413. The Morgan fingerprint density at radius 2 is 1.80 bits per heavy atom. The van der Waals surface area contributed by atoms with Crippen molar-refractivity contribution in [1.29, 1.82) is 0 Å². The molecule has 0 spiro atoms. The molecule has 0 bridgehead atoms. The van der Waals surface area contributed by atoms with E-state index in [1.54, 1.807) is 6.92 Å². The lowest BCUT2D eigenvalue weighted by molar-refractivity contribution is 0.501. The molecule has 0 aliphatic heterocycles. The lowest BCUT2D eigenvalue weighted by Gasteiger charge is -2.13. The van der Waals surface area contributed by atoms with Gasteiger partial charge < -0.3 is 5.73 Å². The van der Waals surface area contributed by atoms with E-state index in [0.717, 1.165) is 0 Å². The van der Waals surface area contributed by atoms with E-state index >= 15 is 0 Å². The standard InChI is InChI=1S/C11H12F3N/c1-6(2)3-10(15)11-8(13)4-7(12)5-9(11)14/h4-5,10H,1,3,15H2,2H3/t10-/m1/s1. The molecule has 0 aliphatic rings. The van der Waals surface area contributed by atoms with Gasteiger partial charge in [-0.3, -0.25) is 0 Å². The number of hydrogen-bond acceptors (Lipinski definition) is 1. The van der Waals surface area contributed by atoms with Gasteiger partial charge in [0.15, 0.2) is 0 Å². The molecular weight excluding hydrogens is 203 g/mol. The molecule has 2 N–H and O–H groups in total. The molecule has 4 heteroatoms. The van der Waals surface area contributed by atoms with Crippen LogP contribution in [0.4, 0.5) is 13.2 Å². The van der Waals surface area contributed by atoms with Crippen LogP contribution >= 0.6 is 0 Å². The molecule has 0 fully saturated rings. The first-order chi connectivity index (χ1) is 6.91. The highest BCUT2D eigenvalue weighted by Crippen LogP contribution is 2.24. The van der Waals surface area contributed by atoms with E-state index in [4.69, 9.17) is 5.73 Å². The topological polar surface area (TPSA) is 26.0 Å². The van der Waals surface area contributed by atoms with E-state index in [0.29, 0.717) is 17.7 Å². The van der Waals surface area contributed by atoms with Gasteiger partial charge in [-0.15, -0.1) is 6.58 Å². The SMILES string of the molecule is C=C(C)C[C@@H](N)c1c(F)cc(F)cc1F. The number of halogens is 3. The van der Waals surface area contributed by atoms with E-state index in [1.165, 1.54) is 0 Å². The van der Waals surface area contributed by atoms with Gasteiger partial charge in [-0.05, 0) is 13.3 Å². The molecule has 82 valence electrons. The molecule has 0 aliphatic carbocycles. The number of benzene rings is 1. The Morgan fingerprint density at radius 1 is 1.33 bits per heavy atom. The number of nitrogens with two attached hydrogens (primary N) is 1. The molecule has 0 saturated carbocycles. The minimum atomic E-state index is -0.957. The molecule has 1 atom stereocenters. The zero-order valence-corrected chi connectivity index (χ0v) is 8.36. The second-order valence-electron chi connectivity index (χ2n) is 3.55. The van der Waals surface area contributed by atoms with Gasteiger partial charge in [0.1, 0.15) is 17.5 Å². The molecule has 0 unspecified atom stereocenters. The lowest BCUT2D eigenvalue weighted by Crippen LogP contribution is -2.14. The number of hydrogen-bond donors (Lipinski definition) is 1. The summed E-state index contributed by atoms with van der Waals surface area (Å²) in [6.07, 6.45) is 0.263. The predicted octanol–water partition coefficient (Wildman–Crippen LogP) is 3.07. The Labute approximate surface area is 86.4 Å². The van der Waals surface area contributed by atoms with Crippen molar-refractivity contribution in [2.45, 2.75) is 19.4 Å². The molecule has 0 aromatic heterocycles. The maximum atomic E-state index is 13.2. The van der Waals surface area contributed by atoms with Crippen molar-refractivity contribution in [2.75, 3.05) is 0 Å². The van der Waals surface area contributed by atoms with Crippen LogP contribution in [0.5, 0.6) is 0 Å². The summed E-state index contributed by atoms with van der Waals surface area (Å²) in [5, 5.41) is 0. The summed E-state index contributed by atoms with van der Waals surface area (Å²) < 4.78 is 39.0. The zero-order valence-electron chi connectivity index (χ0n) is 8.36. The van der Waals surface area contributed by atoms with Crippen LogP contribution in [0.1, 0.15) is 24.9 Å². The Hall–Kier alpha value is -1.29. The van der Waals surface area contributed by atoms with E-state index in [-0.39, 0.29) is 12.0 Å². The van der Waals surface area contributed by atoms with Crippen LogP contribution in [0, 0.1) is 17.5 Å². The van der Waals surface area contributed by atoms with Crippen molar-refractivity contribution in [3.63, 3.8) is 0 Å². The van der Waals surface area contributed by atoms with Gasteiger partial charge in [-0.2, -0.15) is 0 Å². The Morgan fingerprint density at radius 3 is 2.20 bits per heavy atom. The monoisotopic (exact) mass is 215 g/mol. The normalized spacial score (nSPS) is 12.6. The minimum Gasteiger partial charge on any atom is -0.324 e. The van der Waals surface area contributed by atoms with Crippen LogP contribution in [0.2, 0.25) is 0 Å². The molecule has 1 aromatic carbocycles. The summed E-state index contributed by atoms with van der Waals surface area (Å²) in [7, 11) is 0. The van der Waals surface area contributed by atoms with Crippen LogP contribution in [0.15, 0.2) is 24.3 Å². The highest BCUT2D eigenvalue weighted by atomic mass is 19.1. The highest BCUT2D eigenvalue weighted by Gasteiger charge is 2.18. The van der Waals surface area contributed by atoms with Crippen molar-refractivity contribution in [2.24, 2.45) is 5.73 Å². The van der Waals surface area contributed by atoms with Gasteiger partial charge >= 0.3 is 0 Å². The Kier molecular flexibility index (Phi) is 3.52. The fourth-order valence-corrected chi connectivity index (χ4v) is 1.39. The summed E-state index contributed by atoms with van der Waals surface area (Å²) in [4.78, 5) is 0. The van der Waals surface area contributed by atoms with Crippen molar-refractivity contribution in [3.8, 4) is 0 Å². The van der Waals surface area contributed by atoms with E-state index in [9.17, 15) is 13.2 Å². The van der Waals surface area contributed by atoms with Crippen LogP contribution in [0.3, 0.4) is 0 Å². The van der Waals surface area contributed by atoms with Crippen molar-refractivity contribution < 1.29 is 13.2 Å². The molecule has 1 aromatic rings. The molecule has 0 radical (unpaired) electrons. The smallest absolute Gasteiger partial charge is 0.133 e. The maximum Gasteiger partial charge on any atom is 0.133 e. The molecule has 0 saturated heterocycles. The first kappa shape index (κ1) is 11.8. The maximum absolute atomic E-state index is 13.2. The zero-order chi connectivity index (χ0) is 11.6. The second-order valence-corrected chi connectivity index (χ2v) is 3.55. The molecule has 1 rings (SSSR count). The molecule has 15 heavy (non-hydrogen) atoms. The van der Waals surface area contributed by atoms with Gasteiger partial charge in [-0.1, -0.05) is 5.57 Å². The van der Waals surface area contributed by atoms with Gasteiger partial charge in [0.25, 0.3) is 0 Å². The average molecular weight is 215 g/mol. The summed E-state index contributed by atoms with van der Waals surface area (Å²) in [5.74, 6) is -2.86. The van der Waals surface area contributed by atoms with Crippen LogP contribution in [0.25, 0.3) is 0 Å². The molecule has 1 nitrogen and oxygen atoms in total. The van der Waals surface area contributed by atoms with Crippen LogP contribution in [-0.4, -0.2) is 0 Å². The van der Waals surface area contributed by atoms with Gasteiger partial charge in [0.2, 0.25) is 0 Å². The lowest BCUT2D eigenvalue weighted by atomic mass is 10.00. The Bertz CT molecular complexity index is 364. The van der Waals surface area contributed by atoms with E-state index in [1.807, 2.05) is 0 Å². The third kappa shape index (κ3) is 2.83. The van der Waals surface area contributed by atoms with Crippen molar-refractivity contribution in [1.82, 2.24) is 0 Å². The third-order valence-corrected chi connectivity index (χ3v) is 1.98. The third-order valence-electron chi connectivity index (χ3n) is 1.98. The summed E-state index contributed by atoms with van der Waals surface area (Å²) in [5.41, 5.74) is 6.01. The van der Waals surface area contributed by atoms with E-state index < -0.39 is 23.5 Å². The second kappa shape index (κ2) is 4.49. The molecule has 0 amide bonds. The van der Waals surface area contributed by atoms with Crippen molar-refractivity contribution >= 4 is 0 Å². The fraction of sp³-hybridized carbons (Fsp3) is 0.273. The summed E-state index contributed by atoms with van der Waals surface area (Å²) >= 11 is 0. The largest absolute Gasteiger partial charge is 0.324 e. The highest BCUT2D eigenvalue weighted by molar-refractivity contribution is 5.25. The van der Waals surface area contributed by atoms with Gasteiger partial charge in [0, 0.05) is 23.7 Å². The number of rotatable bonds is 3. The van der Waals surface area contributed by atoms with Gasteiger partial charge in [0.05, 0.1) is 0 Å². The first-order valence-electron chi connectivity index (χ1n) is 4.46. The molecular formula is C11H12F3N. The minimum absolute atomic E-state index is 0.263. The van der Waals surface area contributed by atoms with Crippen LogP contribution < -0.4 is 5.73 Å². The Balaban J connectivity index is 3.08. The molecule has 0 heterocycles. The quantitative estimate of drug-likeness (QED) is 0.770. The predicted molar refractivity (Wildman–Crippen MR) is 52.7 cm³/mol. The summed E-state index contributed by atoms with van der Waals surface area (Å²) in [6.45, 7) is 5.31.